The second-order valence-electron chi connectivity index (χ2n) is 4.44. The molecule has 1 amide bonds. The molecule has 92 valence electrons. The normalized spacial score (nSPS) is 16.4. The summed E-state index contributed by atoms with van der Waals surface area (Å²) < 4.78 is 13.3. The van der Waals surface area contributed by atoms with Crippen molar-refractivity contribution in [1.82, 2.24) is 4.90 Å². The van der Waals surface area contributed by atoms with Crippen LogP contribution in [-0.2, 0) is 17.9 Å². The van der Waals surface area contributed by atoms with Crippen LogP contribution in [0.2, 0.25) is 0 Å². The summed E-state index contributed by atoms with van der Waals surface area (Å²) in [5.41, 5.74) is 7.09. The van der Waals surface area contributed by atoms with E-state index < -0.39 is 0 Å². The molecule has 0 atom stereocenters. The van der Waals surface area contributed by atoms with Crippen molar-refractivity contribution in [2.45, 2.75) is 32.4 Å². The highest BCUT2D eigenvalue weighted by molar-refractivity contribution is 5.76. The van der Waals surface area contributed by atoms with Gasteiger partial charge >= 0.3 is 0 Å². The molecule has 0 bridgehead atoms. The fourth-order valence-electron chi connectivity index (χ4n) is 2.18. The summed E-state index contributed by atoms with van der Waals surface area (Å²) in [6.45, 7) is 1.58. The van der Waals surface area contributed by atoms with Crippen molar-refractivity contribution in [3.63, 3.8) is 0 Å². The van der Waals surface area contributed by atoms with Crippen LogP contribution in [0.4, 0.5) is 4.39 Å². The minimum absolute atomic E-state index is 0.162. The lowest BCUT2D eigenvalue weighted by molar-refractivity contribution is -0.133. The molecular weight excluding hydrogens is 219 g/mol. The molecule has 0 radical (unpaired) electrons. The van der Waals surface area contributed by atoms with Crippen LogP contribution in [0.5, 0.6) is 0 Å². The third-order valence-electron chi connectivity index (χ3n) is 3.05. The van der Waals surface area contributed by atoms with Gasteiger partial charge in [0.2, 0.25) is 5.91 Å². The van der Waals surface area contributed by atoms with E-state index in [1.807, 2.05) is 6.07 Å². The Balaban J connectivity index is 2.11. The van der Waals surface area contributed by atoms with Gasteiger partial charge in [-0.25, -0.2) is 4.39 Å². The fraction of sp³-hybridized carbons (Fsp3) is 0.462. The van der Waals surface area contributed by atoms with E-state index in [0.717, 1.165) is 30.5 Å². The number of hydrogen-bond acceptors (Lipinski definition) is 2. The second kappa shape index (κ2) is 5.27. The standard InChI is InChI=1S/C13H17FN2O/c14-12-6-10(8-15)5-11(7-12)9-16-4-2-1-3-13(16)17/h5-7H,1-4,8-9,15H2. The van der Waals surface area contributed by atoms with E-state index in [2.05, 4.69) is 0 Å². The van der Waals surface area contributed by atoms with Gasteiger partial charge < -0.3 is 10.6 Å². The molecule has 1 aliphatic heterocycles. The Morgan fingerprint density at radius 2 is 2.00 bits per heavy atom. The first kappa shape index (κ1) is 12.0. The van der Waals surface area contributed by atoms with Crippen LogP contribution < -0.4 is 5.73 Å². The Bertz CT molecular complexity index is 420. The number of amides is 1. The van der Waals surface area contributed by atoms with Crippen molar-refractivity contribution in [3.05, 3.63) is 35.1 Å². The fourth-order valence-corrected chi connectivity index (χ4v) is 2.18. The van der Waals surface area contributed by atoms with Crippen LogP contribution >= 0.6 is 0 Å². The summed E-state index contributed by atoms with van der Waals surface area (Å²) in [6.07, 6.45) is 2.61. The SMILES string of the molecule is NCc1cc(F)cc(CN2CCCCC2=O)c1. The van der Waals surface area contributed by atoms with Crippen LogP contribution in [0.3, 0.4) is 0 Å². The van der Waals surface area contributed by atoms with Gasteiger partial charge in [-0.05, 0) is 36.1 Å². The van der Waals surface area contributed by atoms with E-state index in [-0.39, 0.29) is 11.7 Å². The number of halogens is 1. The van der Waals surface area contributed by atoms with Crippen LogP contribution in [0.1, 0.15) is 30.4 Å². The maximum atomic E-state index is 13.3. The first-order valence-corrected chi connectivity index (χ1v) is 5.95. The number of carbonyl (C=O) groups is 1. The van der Waals surface area contributed by atoms with Crippen molar-refractivity contribution in [3.8, 4) is 0 Å². The maximum Gasteiger partial charge on any atom is 0.222 e. The monoisotopic (exact) mass is 236 g/mol. The van der Waals surface area contributed by atoms with E-state index in [1.54, 1.807) is 4.90 Å². The smallest absolute Gasteiger partial charge is 0.222 e. The highest BCUT2D eigenvalue weighted by Gasteiger charge is 2.18. The summed E-state index contributed by atoms with van der Waals surface area (Å²) in [4.78, 5) is 13.4. The lowest BCUT2D eigenvalue weighted by Crippen LogP contribution is -2.34. The zero-order valence-corrected chi connectivity index (χ0v) is 9.79. The maximum absolute atomic E-state index is 13.3. The van der Waals surface area contributed by atoms with Gasteiger partial charge in [-0.2, -0.15) is 0 Å². The van der Waals surface area contributed by atoms with Crippen molar-refractivity contribution in [2.75, 3.05) is 6.54 Å². The minimum Gasteiger partial charge on any atom is -0.338 e. The minimum atomic E-state index is -0.285. The molecule has 0 aliphatic carbocycles. The molecule has 3 nitrogen and oxygen atoms in total. The summed E-state index contributed by atoms with van der Waals surface area (Å²) in [6, 6.07) is 4.77. The van der Waals surface area contributed by atoms with Crippen molar-refractivity contribution in [1.29, 1.82) is 0 Å². The molecule has 2 N–H and O–H groups in total. The quantitative estimate of drug-likeness (QED) is 0.869. The van der Waals surface area contributed by atoms with E-state index in [0.29, 0.717) is 19.5 Å². The Morgan fingerprint density at radius 3 is 2.71 bits per heavy atom. The average molecular weight is 236 g/mol. The number of likely N-dealkylation sites (tertiary alicyclic amines) is 1. The molecule has 1 saturated heterocycles. The highest BCUT2D eigenvalue weighted by atomic mass is 19.1. The molecule has 2 rings (SSSR count). The summed E-state index contributed by atoms with van der Waals surface area (Å²) in [5.74, 6) is -0.123. The Kier molecular flexibility index (Phi) is 3.74. The van der Waals surface area contributed by atoms with Crippen molar-refractivity contribution in [2.24, 2.45) is 5.73 Å². The molecule has 1 aromatic carbocycles. The van der Waals surface area contributed by atoms with Gasteiger partial charge in [0.15, 0.2) is 0 Å². The van der Waals surface area contributed by atoms with Gasteiger partial charge in [-0.3, -0.25) is 4.79 Å². The zero-order valence-electron chi connectivity index (χ0n) is 9.79. The van der Waals surface area contributed by atoms with E-state index in [1.165, 1.54) is 12.1 Å². The van der Waals surface area contributed by atoms with Crippen LogP contribution in [0, 0.1) is 5.82 Å². The van der Waals surface area contributed by atoms with E-state index in [9.17, 15) is 9.18 Å². The second-order valence-corrected chi connectivity index (χ2v) is 4.44. The lowest BCUT2D eigenvalue weighted by Gasteiger charge is -2.26. The Hall–Kier alpha value is -1.42. The lowest BCUT2D eigenvalue weighted by atomic mass is 10.1. The third-order valence-corrected chi connectivity index (χ3v) is 3.05. The predicted molar refractivity (Wildman–Crippen MR) is 63.6 cm³/mol. The molecule has 1 heterocycles. The number of piperidine rings is 1. The van der Waals surface area contributed by atoms with Gasteiger partial charge in [-0.1, -0.05) is 6.07 Å². The first-order valence-electron chi connectivity index (χ1n) is 5.95. The molecule has 17 heavy (non-hydrogen) atoms. The molecule has 4 heteroatoms. The van der Waals surface area contributed by atoms with Crippen molar-refractivity contribution >= 4 is 5.91 Å². The number of hydrogen-bond donors (Lipinski definition) is 1. The number of nitrogens with zero attached hydrogens (tertiary/aromatic N) is 1. The van der Waals surface area contributed by atoms with Crippen LogP contribution in [0.25, 0.3) is 0 Å². The molecule has 1 aromatic rings. The van der Waals surface area contributed by atoms with Gasteiger partial charge in [0.05, 0.1) is 0 Å². The molecule has 0 spiro atoms. The largest absolute Gasteiger partial charge is 0.338 e. The van der Waals surface area contributed by atoms with Gasteiger partial charge in [0, 0.05) is 26.1 Å². The predicted octanol–water partition coefficient (Wildman–Crippen LogP) is 1.80. The Morgan fingerprint density at radius 1 is 1.24 bits per heavy atom. The molecule has 0 saturated carbocycles. The number of carbonyl (C=O) groups excluding carboxylic acids is 1. The molecular formula is C13H17FN2O. The van der Waals surface area contributed by atoms with Gasteiger partial charge in [-0.15, -0.1) is 0 Å². The third kappa shape index (κ3) is 3.03. The Labute approximate surface area is 100 Å². The van der Waals surface area contributed by atoms with Crippen molar-refractivity contribution < 1.29 is 9.18 Å². The summed E-state index contributed by atoms with van der Waals surface area (Å²) >= 11 is 0. The number of benzene rings is 1. The zero-order chi connectivity index (χ0) is 12.3. The van der Waals surface area contributed by atoms with E-state index in [4.69, 9.17) is 5.73 Å². The van der Waals surface area contributed by atoms with Gasteiger partial charge in [0.1, 0.15) is 5.82 Å². The highest BCUT2D eigenvalue weighted by Crippen LogP contribution is 2.16. The molecule has 1 fully saturated rings. The molecule has 0 unspecified atom stereocenters. The number of rotatable bonds is 3. The summed E-state index contributed by atoms with van der Waals surface area (Å²) in [5, 5.41) is 0. The van der Waals surface area contributed by atoms with Crippen LogP contribution in [0.15, 0.2) is 18.2 Å². The molecule has 0 aromatic heterocycles. The summed E-state index contributed by atoms with van der Waals surface area (Å²) in [7, 11) is 0. The van der Waals surface area contributed by atoms with Crippen LogP contribution in [-0.4, -0.2) is 17.4 Å². The average Bonchev–Trinajstić information content (AvgIpc) is 2.31. The number of nitrogens with two attached hydrogens (primary N) is 1. The topological polar surface area (TPSA) is 46.3 Å². The first-order chi connectivity index (χ1) is 8.19. The van der Waals surface area contributed by atoms with Gasteiger partial charge in [0.25, 0.3) is 0 Å². The van der Waals surface area contributed by atoms with E-state index >= 15 is 0 Å². The molecule has 1 aliphatic rings.